The second kappa shape index (κ2) is 7.13. The standard InChI is InChI=1S/C18H22N2O3/c1-4-18(2,3)19-16(21)13-23-17(22)14-7-9-15(10-8-14)20-11-5-6-12-20/h5-12H,4,13H2,1-3H3,(H,19,21). The van der Waals surface area contributed by atoms with Gasteiger partial charge in [0.1, 0.15) is 0 Å². The highest BCUT2D eigenvalue weighted by molar-refractivity contribution is 5.91. The lowest BCUT2D eigenvalue weighted by molar-refractivity contribution is -0.125. The molecule has 0 unspecified atom stereocenters. The lowest BCUT2D eigenvalue weighted by Gasteiger charge is -2.24. The number of carbonyl (C=O) groups is 2. The molecule has 0 aliphatic heterocycles. The van der Waals surface area contributed by atoms with Crippen molar-refractivity contribution in [3.63, 3.8) is 0 Å². The van der Waals surface area contributed by atoms with Crippen LogP contribution in [-0.2, 0) is 9.53 Å². The zero-order valence-corrected chi connectivity index (χ0v) is 13.7. The zero-order valence-electron chi connectivity index (χ0n) is 13.7. The molecule has 5 nitrogen and oxygen atoms in total. The molecule has 122 valence electrons. The number of hydrogen-bond donors (Lipinski definition) is 1. The van der Waals surface area contributed by atoms with Crippen LogP contribution in [0.15, 0.2) is 48.8 Å². The van der Waals surface area contributed by atoms with E-state index in [2.05, 4.69) is 5.32 Å². The molecule has 0 aliphatic rings. The van der Waals surface area contributed by atoms with Gasteiger partial charge in [-0.05, 0) is 56.7 Å². The van der Waals surface area contributed by atoms with Gasteiger partial charge in [0.25, 0.3) is 5.91 Å². The largest absolute Gasteiger partial charge is 0.452 e. The number of amides is 1. The Hall–Kier alpha value is -2.56. The Bertz CT molecular complexity index is 658. The van der Waals surface area contributed by atoms with Crippen molar-refractivity contribution in [1.82, 2.24) is 9.88 Å². The molecule has 1 aromatic heterocycles. The lowest BCUT2D eigenvalue weighted by Crippen LogP contribution is -2.44. The molecule has 1 N–H and O–H groups in total. The van der Waals surface area contributed by atoms with Crippen LogP contribution in [0.5, 0.6) is 0 Å². The Morgan fingerprint density at radius 1 is 1.13 bits per heavy atom. The number of carbonyl (C=O) groups excluding carboxylic acids is 2. The number of benzene rings is 1. The Labute approximate surface area is 136 Å². The molecule has 1 amide bonds. The fourth-order valence-corrected chi connectivity index (χ4v) is 1.99. The van der Waals surface area contributed by atoms with Gasteiger partial charge in [-0.3, -0.25) is 4.79 Å². The summed E-state index contributed by atoms with van der Waals surface area (Å²) < 4.78 is 6.99. The van der Waals surface area contributed by atoms with E-state index < -0.39 is 5.97 Å². The summed E-state index contributed by atoms with van der Waals surface area (Å²) in [6.45, 7) is 5.56. The molecule has 0 bridgehead atoms. The highest BCUT2D eigenvalue weighted by atomic mass is 16.5. The van der Waals surface area contributed by atoms with Crippen LogP contribution in [0.3, 0.4) is 0 Å². The molecule has 0 saturated heterocycles. The monoisotopic (exact) mass is 314 g/mol. The third-order valence-corrected chi connectivity index (χ3v) is 3.70. The van der Waals surface area contributed by atoms with Crippen molar-refractivity contribution in [2.24, 2.45) is 0 Å². The van der Waals surface area contributed by atoms with Gasteiger partial charge in [-0.2, -0.15) is 0 Å². The van der Waals surface area contributed by atoms with E-state index in [0.717, 1.165) is 12.1 Å². The lowest BCUT2D eigenvalue weighted by atomic mass is 10.0. The first kappa shape index (κ1) is 16.8. The molecule has 0 radical (unpaired) electrons. The maximum Gasteiger partial charge on any atom is 0.338 e. The van der Waals surface area contributed by atoms with Crippen molar-refractivity contribution in [3.8, 4) is 5.69 Å². The molecule has 2 aromatic rings. The highest BCUT2D eigenvalue weighted by Gasteiger charge is 2.19. The average Bonchev–Trinajstić information content (AvgIpc) is 3.07. The topological polar surface area (TPSA) is 60.3 Å². The van der Waals surface area contributed by atoms with Crippen molar-refractivity contribution in [3.05, 3.63) is 54.4 Å². The minimum atomic E-state index is -0.506. The summed E-state index contributed by atoms with van der Waals surface area (Å²) in [4.78, 5) is 23.7. The van der Waals surface area contributed by atoms with E-state index in [0.29, 0.717) is 5.56 Å². The first-order valence-electron chi connectivity index (χ1n) is 7.63. The van der Waals surface area contributed by atoms with Gasteiger partial charge < -0.3 is 14.6 Å². The van der Waals surface area contributed by atoms with Gasteiger partial charge in [-0.1, -0.05) is 6.92 Å². The number of nitrogens with zero attached hydrogens (tertiary/aromatic N) is 1. The number of esters is 1. The Kier molecular flexibility index (Phi) is 5.21. The molecule has 0 saturated carbocycles. The molecule has 0 fully saturated rings. The van der Waals surface area contributed by atoms with Gasteiger partial charge in [0.15, 0.2) is 6.61 Å². The predicted molar refractivity (Wildman–Crippen MR) is 88.6 cm³/mol. The molecule has 0 atom stereocenters. The van der Waals surface area contributed by atoms with Crippen LogP contribution >= 0.6 is 0 Å². The van der Waals surface area contributed by atoms with Crippen molar-refractivity contribution in [1.29, 1.82) is 0 Å². The molecule has 23 heavy (non-hydrogen) atoms. The fourth-order valence-electron chi connectivity index (χ4n) is 1.99. The van der Waals surface area contributed by atoms with E-state index in [1.54, 1.807) is 12.1 Å². The molecule has 1 heterocycles. The average molecular weight is 314 g/mol. The minimum absolute atomic E-state index is 0.276. The number of rotatable bonds is 6. The van der Waals surface area contributed by atoms with Gasteiger partial charge in [0, 0.05) is 23.6 Å². The number of hydrogen-bond acceptors (Lipinski definition) is 3. The summed E-state index contributed by atoms with van der Waals surface area (Å²) in [5, 5.41) is 2.82. The number of ether oxygens (including phenoxy) is 1. The summed E-state index contributed by atoms with van der Waals surface area (Å²) in [5.74, 6) is -0.803. The maximum atomic E-state index is 12.0. The van der Waals surface area contributed by atoms with E-state index in [1.807, 2.05) is 62.0 Å². The smallest absolute Gasteiger partial charge is 0.338 e. The SMILES string of the molecule is CCC(C)(C)NC(=O)COC(=O)c1ccc(-n2cccc2)cc1. The molecule has 0 spiro atoms. The number of nitrogens with one attached hydrogen (secondary N) is 1. The number of aromatic nitrogens is 1. The Morgan fingerprint density at radius 2 is 1.74 bits per heavy atom. The molecule has 2 rings (SSSR count). The maximum absolute atomic E-state index is 12.0. The van der Waals surface area contributed by atoms with Gasteiger partial charge >= 0.3 is 5.97 Å². The van der Waals surface area contributed by atoms with Crippen LogP contribution < -0.4 is 5.32 Å². The van der Waals surface area contributed by atoms with Crippen molar-refractivity contribution in [2.75, 3.05) is 6.61 Å². The van der Waals surface area contributed by atoms with Gasteiger partial charge in [-0.25, -0.2) is 4.79 Å². The summed E-state index contributed by atoms with van der Waals surface area (Å²) in [5.41, 5.74) is 1.07. The third kappa shape index (κ3) is 4.71. The quantitative estimate of drug-likeness (QED) is 0.834. The van der Waals surface area contributed by atoms with E-state index in [1.165, 1.54) is 0 Å². The van der Waals surface area contributed by atoms with Gasteiger partial charge in [-0.15, -0.1) is 0 Å². The second-order valence-corrected chi connectivity index (χ2v) is 6.00. The van der Waals surface area contributed by atoms with Crippen LogP contribution in [0.2, 0.25) is 0 Å². The van der Waals surface area contributed by atoms with Crippen LogP contribution in [0.25, 0.3) is 5.69 Å². The normalized spacial score (nSPS) is 11.1. The third-order valence-electron chi connectivity index (χ3n) is 3.70. The molecular formula is C18H22N2O3. The molecule has 1 aromatic carbocycles. The van der Waals surface area contributed by atoms with Crippen LogP contribution in [0.4, 0.5) is 0 Å². The molecule has 5 heteroatoms. The van der Waals surface area contributed by atoms with Crippen LogP contribution in [-0.4, -0.2) is 28.6 Å². The van der Waals surface area contributed by atoms with Crippen molar-refractivity contribution < 1.29 is 14.3 Å². The first-order valence-corrected chi connectivity index (χ1v) is 7.63. The summed E-state index contributed by atoms with van der Waals surface area (Å²) in [7, 11) is 0. The summed E-state index contributed by atoms with van der Waals surface area (Å²) in [6.07, 6.45) is 4.65. The summed E-state index contributed by atoms with van der Waals surface area (Å²) in [6, 6.07) is 10.9. The fraction of sp³-hybridized carbons (Fsp3) is 0.333. The minimum Gasteiger partial charge on any atom is -0.452 e. The van der Waals surface area contributed by atoms with Crippen LogP contribution in [0, 0.1) is 0 Å². The van der Waals surface area contributed by atoms with Gasteiger partial charge in [0.2, 0.25) is 0 Å². The summed E-state index contributed by atoms with van der Waals surface area (Å²) >= 11 is 0. The molecule has 0 aliphatic carbocycles. The van der Waals surface area contributed by atoms with Gasteiger partial charge in [0.05, 0.1) is 5.56 Å². The van der Waals surface area contributed by atoms with E-state index in [-0.39, 0.29) is 18.1 Å². The Balaban J connectivity index is 1.90. The highest BCUT2D eigenvalue weighted by Crippen LogP contribution is 2.11. The van der Waals surface area contributed by atoms with Crippen molar-refractivity contribution >= 4 is 11.9 Å². The first-order chi connectivity index (χ1) is 10.9. The molecular weight excluding hydrogens is 292 g/mol. The van der Waals surface area contributed by atoms with E-state index in [9.17, 15) is 9.59 Å². The van der Waals surface area contributed by atoms with E-state index in [4.69, 9.17) is 4.74 Å². The Morgan fingerprint density at radius 3 is 2.30 bits per heavy atom. The predicted octanol–water partition coefficient (Wildman–Crippen LogP) is 2.94. The van der Waals surface area contributed by atoms with Crippen LogP contribution in [0.1, 0.15) is 37.6 Å². The van der Waals surface area contributed by atoms with Crippen molar-refractivity contribution in [2.45, 2.75) is 32.7 Å². The second-order valence-electron chi connectivity index (χ2n) is 6.00. The zero-order chi connectivity index (χ0) is 16.9. The van der Waals surface area contributed by atoms with E-state index >= 15 is 0 Å².